The Kier molecular flexibility index (Phi) is 5.10. The Hall–Kier alpha value is -0.920. The molecule has 0 saturated heterocycles. The molecule has 0 saturated carbocycles. The van der Waals surface area contributed by atoms with Crippen LogP contribution in [0.2, 0.25) is 0 Å². The lowest BCUT2D eigenvalue weighted by molar-refractivity contribution is 0.161. The average Bonchev–Trinajstić information content (AvgIpc) is 2.76. The largest absolute Gasteiger partial charge is 0.384 e. The van der Waals surface area contributed by atoms with Gasteiger partial charge in [-0.05, 0) is 5.92 Å². The summed E-state index contributed by atoms with van der Waals surface area (Å²) in [6, 6.07) is 0. The van der Waals surface area contributed by atoms with Crippen molar-refractivity contribution in [1.29, 1.82) is 0 Å². The highest BCUT2D eigenvalue weighted by Crippen LogP contribution is 2.06. The first-order valence-corrected chi connectivity index (χ1v) is 7.00. The van der Waals surface area contributed by atoms with Crippen LogP contribution in [-0.2, 0) is 21.2 Å². The highest BCUT2D eigenvalue weighted by molar-refractivity contribution is 7.89. The topological polar surface area (TPSA) is 84.1 Å². The minimum absolute atomic E-state index is 0.110. The zero-order valence-electron chi connectivity index (χ0n) is 10.4. The number of nitrogens with one attached hydrogen (secondary N) is 2. The van der Waals surface area contributed by atoms with E-state index in [9.17, 15) is 8.42 Å². The summed E-state index contributed by atoms with van der Waals surface area (Å²) in [6.07, 6.45) is 2.01. The zero-order chi connectivity index (χ0) is 12.9. The van der Waals surface area contributed by atoms with E-state index in [0.29, 0.717) is 25.4 Å². The SMILES string of the molecule is CCc1ncc(S(=O)(=O)NCC(C)COC)[nH]1. The number of aromatic nitrogens is 2. The van der Waals surface area contributed by atoms with E-state index in [1.54, 1.807) is 7.11 Å². The Bertz CT molecular complexity index is 441. The van der Waals surface area contributed by atoms with Crippen LogP contribution in [0.5, 0.6) is 0 Å². The van der Waals surface area contributed by atoms with Crippen molar-refractivity contribution in [2.45, 2.75) is 25.3 Å². The first-order valence-electron chi connectivity index (χ1n) is 5.52. The molecule has 0 fully saturated rings. The summed E-state index contributed by atoms with van der Waals surface area (Å²) in [5.74, 6) is 0.790. The summed E-state index contributed by atoms with van der Waals surface area (Å²) in [4.78, 5) is 6.73. The van der Waals surface area contributed by atoms with Gasteiger partial charge in [0.2, 0.25) is 0 Å². The van der Waals surface area contributed by atoms with Crippen LogP contribution in [0.15, 0.2) is 11.2 Å². The minimum atomic E-state index is -3.49. The fraction of sp³-hybridized carbons (Fsp3) is 0.700. The lowest BCUT2D eigenvalue weighted by Crippen LogP contribution is -2.30. The predicted octanol–water partition coefficient (Wildman–Crippen LogP) is 0.533. The molecule has 1 heterocycles. The molecule has 0 aliphatic rings. The van der Waals surface area contributed by atoms with E-state index in [-0.39, 0.29) is 10.9 Å². The second-order valence-electron chi connectivity index (χ2n) is 3.96. The molecule has 1 rings (SSSR count). The number of aryl methyl sites for hydroxylation is 1. The van der Waals surface area contributed by atoms with Gasteiger partial charge in [0.25, 0.3) is 10.0 Å². The van der Waals surface area contributed by atoms with Gasteiger partial charge in [0.15, 0.2) is 5.03 Å². The molecule has 1 atom stereocenters. The van der Waals surface area contributed by atoms with Crippen LogP contribution < -0.4 is 4.72 Å². The van der Waals surface area contributed by atoms with Crippen molar-refractivity contribution in [3.8, 4) is 0 Å². The van der Waals surface area contributed by atoms with Crippen molar-refractivity contribution in [3.63, 3.8) is 0 Å². The monoisotopic (exact) mass is 261 g/mol. The quantitative estimate of drug-likeness (QED) is 0.750. The third kappa shape index (κ3) is 4.10. The zero-order valence-corrected chi connectivity index (χ0v) is 11.2. The van der Waals surface area contributed by atoms with Crippen molar-refractivity contribution in [2.75, 3.05) is 20.3 Å². The molecule has 6 nitrogen and oxygen atoms in total. The van der Waals surface area contributed by atoms with Gasteiger partial charge >= 0.3 is 0 Å². The molecule has 0 spiro atoms. The summed E-state index contributed by atoms with van der Waals surface area (Å²) in [6.45, 7) is 4.68. The number of aromatic amines is 1. The fourth-order valence-electron chi connectivity index (χ4n) is 1.33. The average molecular weight is 261 g/mol. The van der Waals surface area contributed by atoms with Gasteiger partial charge in [-0.25, -0.2) is 18.1 Å². The van der Waals surface area contributed by atoms with Crippen LogP contribution in [0.3, 0.4) is 0 Å². The summed E-state index contributed by atoms with van der Waals surface area (Å²) < 4.78 is 31.2. The maximum Gasteiger partial charge on any atom is 0.257 e. The molecular weight excluding hydrogens is 242 g/mol. The molecule has 2 N–H and O–H groups in total. The predicted molar refractivity (Wildman–Crippen MR) is 64.2 cm³/mol. The van der Waals surface area contributed by atoms with Crippen molar-refractivity contribution < 1.29 is 13.2 Å². The van der Waals surface area contributed by atoms with Crippen molar-refractivity contribution in [1.82, 2.24) is 14.7 Å². The Morgan fingerprint density at radius 3 is 2.82 bits per heavy atom. The molecular formula is C10H19N3O3S. The smallest absolute Gasteiger partial charge is 0.257 e. The van der Waals surface area contributed by atoms with Gasteiger partial charge in [-0.2, -0.15) is 0 Å². The van der Waals surface area contributed by atoms with Gasteiger partial charge in [0, 0.05) is 26.7 Å². The lowest BCUT2D eigenvalue weighted by Gasteiger charge is -2.10. The molecule has 0 bridgehead atoms. The Morgan fingerprint density at radius 2 is 2.29 bits per heavy atom. The van der Waals surface area contributed by atoms with Crippen LogP contribution >= 0.6 is 0 Å². The number of rotatable bonds is 7. The van der Waals surface area contributed by atoms with Gasteiger partial charge in [-0.1, -0.05) is 13.8 Å². The fourth-order valence-corrected chi connectivity index (χ4v) is 2.44. The van der Waals surface area contributed by atoms with Gasteiger partial charge in [0.05, 0.1) is 6.20 Å². The van der Waals surface area contributed by atoms with Gasteiger partial charge in [0.1, 0.15) is 5.82 Å². The molecule has 98 valence electrons. The summed E-state index contributed by atoms with van der Waals surface area (Å²) in [7, 11) is -1.90. The highest BCUT2D eigenvalue weighted by atomic mass is 32.2. The lowest BCUT2D eigenvalue weighted by atomic mass is 10.2. The van der Waals surface area contributed by atoms with Gasteiger partial charge in [-0.15, -0.1) is 0 Å². The van der Waals surface area contributed by atoms with E-state index in [0.717, 1.165) is 0 Å². The molecule has 0 aliphatic carbocycles. The second-order valence-corrected chi connectivity index (χ2v) is 5.70. The number of sulfonamides is 1. The number of methoxy groups -OCH3 is 1. The number of hydrogen-bond acceptors (Lipinski definition) is 4. The Labute approximate surface area is 102 Å². The van der Waals surface area contributed by atoms with E-state index in [1.807, 2.05) is 13.8 Å². The van der Waals surface area contributed by atoms with E-state index in [4.69, 9.17) is 4.74 Å². The standard InChI is InChI=1S/C10H19N3O3S/c1-4-9-11-6-10(13-9)17(14,15)12-5-8(2)7-16-3/h6,8,12H,4-5,7H2,1-3H3,(H,11,13). The van der Waals surface area contributed by atoms with E-state index in [1.165, 1.54) is 6.20 Å². The summed E-state index contributed by atoms with van der Waals surface area (Å²) >= 11 is 0. The number of nitrogens with zero attached hydrogens (tertiary/aromatic N) is 1. The van der Waals surface area contributed by atoms with E-state index < -0.39 is 10.0 Å². The first kappa shape index (κ1) is 14.1. The van der Waals surface area contributed by atoms with Crippen LogP contribution in [0.4, 0.5) is 0 Å². The molecule has 1 aromatic rings. The van der Waals surface area contributed by atoms with E-state index in [2.05, 4.69) is 14.7 Å². The van der Waals surface area contributed by atoms with Crippen molar-refractivity contribution in [2.24, 2.45) is 5.92 Å². The van der Waals surface area contributed by atoms with Crippen molar-refractivity contribution in [3.05, 3.63) is 12.0 Å². The van der Waals surface area contributed by atoms with Crippen LogP contribution in [0.25, 0.3) is 0 Å². The normalized spacial score (nSPS) is 13.8. The van der Waals surface area contributed by atoms with Gasteiger partial charge < -0.3 is 9.72 Å². The molecule has 1 unspecified atom stereocenters. The third-order valence-corrected chi connectivity index (χ3v) is 3.64. The maximum absolute atomic E-state index is 11.8. The number of H-pyrrole nitrogens is 1. The molecule has 0 aliphatic heterocycles. The van der Waals surface area contributed by atoms with Gasteiger partial charge in [-0.3, -0.25) is 0 Å². The first-order chi connectivity index (χ1) is 7.99. The number of imidazole rings is 1. The molecule has 7 heteroatoms. The summed E-state index contributed by atoms with van der Waals surface area (Å²) in [5.41, 5.74) is 0. The summed E-state index contributed by atoms with van der Waals surface area (Å²) in [5, 5.41) is 0.110. The molecule has 0 amide bonds. The van der Waals surface area contributed by atoms with Crippen LogP contribution in [-0.4, -0.2) is 38.6 Å². The Balaban J connectivity index is 2.62. The third-order valence-electron chi connectivity index (χ3n) is 2.30. The molecule has 17 heavy (non-hydrogen) atoms. The second kappa shape index (κ2) is 6.13. The van der Waals surface area contributed by atoms with Crippen molar-refractivity contribution >= 4 is 10.0 Å². The Morgan fingerprint density at radius 1 is 1.59 bits per heavy atom. The molecule has 0 radical (unpaired) electrons. The molecule has 1 aromatic heterocycles. The maximum atomic E-state index is 11.8. The molecule has 0 aromatic carbocycles. The number of hydrogen-bond donors (Lipinski definition) is 2. The van der Waals surface area contributed by atoms with Crippen LogP contribution in [0, 0.1) is 5.92 Å². The minimum Gasteiger partial charge on any atom is -0.384 e. The van der Waals surface area contributed by atoms with Crippen LogP contribution in [0.1, 0.15) is 19.7 Å². The number of ether oxygens (including phenoxy) is 1. The van der Waals surface area contributed by atoms with E-state index >= 15 is 0 Å². The highest BCUT2D eigenvalue weighted by Gasteiger charge is 2.17.